The number of hydrogen-bond donors (Lipinski definition) is 3. The van der Waals surface area contributed by atoms with E-state index in [0.717, 1.165) is 0 Å². The van der Waals surface area contributed by atoms with E-state index < -0.39 is 15.6 Å². The predicted molar refractivity (Wildman–Crippen MR) is 60.1 cm³/mol. The molecule has 0 unspecified atom stereocenters. The van der Waals surface area contributed by atoms with Crippen LogP contribution in [0.4, 0.5) is 5.82 Å². The molecule has 0 bridgehead atoms. The summed E-state index contributed by atoms with van der Waals surface area (Å²) in [5.41, 5.74) is 4.33. The number of anilines is 1. The molecule has 6 nitrogen and oxygen atoms in total. The van der Waals surface area contributed by atoms with Crippen LogP contribution in [0.3, 0.4) is 0 Å². The highest BCUT2D eigenvalue weighted by Gasteiger charge is 2.21. The Morgan fingerprint density at radius 2 is 2.19 bits per heavy atom. The molecular weight excluding hydrogens is 230 g/mol. The van der Waals surface area contributed by atoms with E-state index in [0.29, 0.717) is 0 Å². The van der Waals surface area contributed by atoms with Crippen molar-refractivity contribution in [2.24, 2.45) is 0 Å². The van der Waals surface area contributed by atoms with E-state index >= 15 is 0 Å². The molecule has 0 saturated heterocycles. The fraction of sp³-hybridized carbons (Fsp3) is 0.444. The fourth-order valence-corrected chi connectivity index (χ4v) is 2.26. The highest BCUT2D eigenvalue weighted by molar-refractivity contribution is 7.89. The van der Waals surface area contributed by atoms with Crippen LogP contribution >= 0.6 is 0 Å². The number of aliphatic hydroxyl groups is 1. The first-order valence-corrected chi connectivity index (χ1v) is 6.13. The van der Waals surface area contributed by atoms with Gasteiger partial charge in [0.1, 0.15) is 10.7 Å². The molecule has 0 aliphatic heterocycles. The zero-order valence-electron chi connectivity index (χ0n) is 9.14. The Morgan fingerprint density at radius 1 is 1.56 bits per heavy atom. The summed E-state index contributed by atoms with van der Waals surface area (Å²) in [7, 11) is -3.72. The van der Waals surface area contributed by atoms with Crippen LogP contribution in [0.2, 0.25) is 0 Å². The number of hydrogen-bond acceptors (Lipinski definition) is 5. The third-order valence-corrected chi connectivity index (χ3v) is 3.23. The minimum Gasteiger partial charge on any atom is -0.389 e. The average Bonchev–Trinajstić information content (AvgIpc) is 2.14. The first-order valence-electron chi connectivity index (χ1n) is 4.65. The molecule has 1 aromatic heterocycles. The normalized spacial score (nSPS) is 12.7. The zero-order chi connectivity index (χ0) is 12.4. The molecule has 0 saturated carbocycles. The van der Waals surface area contributed by atoms with Gasteiger partial charge in [0.25, 0.3) is 0 Å². The Labute approximate surface area is 94.6 Å². The molecule has 16 heavy (non-hydrogen) atoms. The van der Waals surface area contributed by atoms with E-state index in [1.165, 1.54) is 32.2 Å². The third kappa shape index (κ3) is 3.44. The molecule has 1 aromatic rings. The van der Waals surface area contributed by atoms with Gasteiger partial charge in [0, 0.05) is 12.7 Å². The van der Waals surface area contributed by atoms with Gasteiger partial charge in [0.2, 0.25) is 10.0 Å². The standard InChI is InChI=1S/C9H15N3O3S/c1-9(2,13)6-12-16(14,15)7-4-3-5-11-8(7)10/h3-5,12-13H,6H2,1-2H3,(H2,10,11). The van der Waals surface area contributed by atoms with Crippen molar-refractivity contribution in [3.05, 3.63) is 18.3 Å². The van der Waals surface area contributed by atoms with Crippen molar-refractivity contribution < 1.29 is 13.5 Å². The SMILES string of the molecule is CC(C)(O)CNS(=O)(=O)c1cccnc1N. The second kappa shape index (κ2) is 4.36. The van der Waals surface area contributed by atoms with E-state index in [1.807, 2.05) is 0 Å². The van der Waals surface area contributed by atoms with Gasteiger partial charge in [-0.25, -0.2) is 18.1 Å². The molecule has 0 aliphatic carbocycles. The van der Waals surface area contributed by atoms with Gasteiger partial charge < -0.3 is 10.8 Å². The predicted octanol–water partition coefficient (Wildman–Crippen LogP) is -0.287. The average molecular weight is 245 g/mol. The van der Waals surface area contributed by atoms with Crippen LogP contribution in [0.25, 0.3) is 0 Å². The van der Waals surface area contributed by atoms with Gasteiger partial charge in [-0.05, 0) is 26.0 Å². The largest absolute Gasteiger partial charge is 0.389 e. The van der Waals surface area contributed by atoms with Crippen molar-refractivity contribution >= 4 is 15.8 Å². The topological polar surface area (TPSA) is 105 Å². The number of nitrogens with zero attached hydrogens (tertiary/aromatic N) is 1. The van der Waals surface area contributed by atoms with Crippen LogP contribution in [-0.2, 0) is 10.0 Å². The molecule has 0 aliphatic rings. The van der Waals surface area contributed by atoms with Crippen LogP contribution in [0.5, 0.6) is 0 Å². The van der Waals surface area contributed by atoms with Crippen LogP contribution in [0.1, 0.15) is 13.8 Å². The zero-order valence-corrected chi connectivity index (χ0v) is 9.95. The summed E-state index contributed by atoms with van der Waals surface area (Å²) in [6.07, 6.45) is 1.41. The van der Waals surface area contributed by atoms with Crippen molar-refractivity contribution in [1.29, 1.82) is 0 Å². The van der Waals surface area contributed by atoms with Crippen LogP contribution in [0, 0.1) is 0 Å². The molecule has 0 fully saturated rings. The molecule has 1 heterocycles. The van der Waals surface area contributed by atoms with E-state index in [-0.39, 0.29) is 17.3 Å². The Hall–Kier alpha value is -1.18. The van der Waals surface area contributed by atoms with Gasteiger partial charge >= 0.3 is 0 Å². The molecule has 7 heteroatoms. The highest BCUT2D eigenvalue weighted by atomic mass is 32.2. The van der Waals surface area contributed by atoms with Crippen molar-refractivity contribution in [3.63, 3.8) is 0 Å². The smallest absolute Gasteiger partial charge is 0.244 e. The van der Waals surface area contributed by atoms with E-state index in [1.54, 1.807) is 0 Å². The Morgan fingerprint density at radius 3 is 2.69 bits per heavy atom. The lowest BCUT2D eigenvalue weighted by Crippen LogP contribution is -2.38. The van der Waals surface area contributed by atoms with Gasteiger partial charge in [-0.2, -0.15) is 0 Å². The van der Waals surface area contributed by atoms with Gasteiger partial charge in [-0.1, -0.05) is 0 Å². The van der Waals surface area contributed by atoms with Gasteiger partial charge in [-0.3, -0.25) is 0 Å². The van der Waals surface area contributed by atoms with Crippen LogP contribution in [0.15, 0.2) is 23.2 Å². The van der Waals surface area contributed by atoms with E-state index in [2.05, 4.69) is 9.71 Å². The Kier molecular flexibility index (Phi) is 3.51. The molecule has 0 radical (unpaired) electrons. The number of nitrogens with two attached hydrogens (primary N) is 1. The summed E-state index contributed by atoms with van der Waals surface area (Å²) >= 11 is 0. The molecule has 0 spiro atoms. The van der Waals surface area contributed by atoms with Gasteiger partial charge in [-0.15, -0.1) is 0 Å². The quantitative estimate of drug-likeness (QED) is 0.676. The summed E-state index contributed by atoms with van der Waals surface area (Å²) in [4.78, 5) is 3.60. The number of nitrogens with one attached hydrogen (secondary N) is 1. The summed E-state index contributed by atoms with van der Waals surface area (Å²) in [5.74, 6) is -0.0641. The third-order valence-electron chi connectivity index (χ3n) is 1.78. The minimum atomic E-state index is -3.72. The number of rotatable bonds is 4. The van der Waals surface area contributed by atoms with Gasteiger partial charge in [0.15, 0.2) is 0 Å². The Balaban J connectivity index is 2.92. The summed E-state index contributed by atoms with van der Waals surface area (Å²) < 4.78 is 25.8. The molecule has 4 N–H and O–H groups in total. The first-order chi connectivity index (χ1) is 7.22. The summed E-state index contributed by atoms with van der Waals surface area (Å²) in [5, 5.41) is 9.42. The van der Waals surface area contributed by atoms with Gasteiger partial charge in [0.05, 0.1) is 5.60 Å². The number of pyridine rings is 1. The number of sulfonamides is 1. The lowest BCUT2D eigenvalue weighted by Gasteiger charge is -2.17. The van der Waals surface area contributed by atoms with Crippen LogP contribution < -0.4 is 10.5 Å². The van der Waals surface area contributed by atoms with Crippen LogP contribution in [-0.4, -0.2) is 30.7 Å². The monoisotopic (exact) mass is 245 g/mol. The number of aromatic nitrogens is 1. The molecule has 0 atom stereocenters. The Bertz CT molecular complexity index is 465. The lowest BCUT2D eigenvalue weighted by molar-refractivity contribution is 0.0857. The highest BCUT2D eigenvalue weighted by Crippen LogP contribution is 2.14. The summed E-state index contributed by atoms with van der Waals surface area (Å²) in [6, 6.07) is 2.84. The lowest BCUT2D eigenvalue weighted by atomic mass is 10.1. The van der Waals surface area contributed by atoms with Crippen molar-refractivity contribution in [3.8, 4) is 0 Å². The molecule has 1 rings (SSSR count). The first kappa shape index (κ1) is 12.9. The van der Waals surface area contributed by atoms with Crippen molar-refractivity contribution in [2.75, 3.05) is 12.3 Å². The molecular formula is C9H15N3O3S. The molecule has 90 valence electrons. The maximum atomic E-state index is 11.8. The fourth-order valence-electron chi connectivity index (χ4n) is 0.979. The maximum Gasteiger partial charge on any atom is 0.244 e. The second-order valence-corrected chi connectivity index (χ2v) is 5.76. The van der Waals surface area contributed by atoms with E-state index in [4.69, 9.17) is 5.73 Å². The molecule has 0 aromatic carbocycles. The maximum absolute atomic E-state index is 11.8. The second-order valence-electron chi connectivity index (χ2n) is 4.02. The van der Waals surface area contributed by atoms with Crippen molar-refractivity contribution in [1.82, 2.24) is 9.71 Å². The number of nitrogen functional groups attached to an aromatic ring is 1. The minimum absolute atomic E-state index is 0.0641. The summed E-state index contributed by atoms with van der Waals surface area (Å²) in [6.45, 7) is 2.91. The van der Waals surface area contributed by atoms with E-state index in [9.17, 15) is 13.5 Å². The van der Waals surface area contributed by atoms with Crippen molar-refractivity contribution in [2.45, 2.75) is 24.3 Å². The molecule has 0 amide bonds.